The number of fused-ring (bicyclic) bond motifs is 2. The molecule has 0 atom stereocenters. The molecule has 8 nitrogen and oxygen atoms in total. The Bertz CT molecular complexity index is 2640. The molecule has 0 N–H and O–H groups in total. The summed E-state index contributed by atoms with van der Waals surface area (Å²) in [6.45, 7) is 26.3. The minimum atomic E-state index is -0.313. The Kier molecular flexibility index (Phi) is 19.5. The van der Waals surface area contributed by atoms with Crippen molar-refractivity contribution in [2.24, 2.45) is 20.0 Å². The second kappa shape index (κ2) is 23.8. The van der Waals surface area contributed by atoms with Crippen molar-refractivity contribution in [2.45, 2.75) is 105 Å². The van der Waals surface area contributed by atoms with E-state index in [9.17, 15) is 20.4 Å². The van der Waals surface area contributed by atoms with Gasteiger partial charge in [-0.2, -0.15) is 0 Å². The van der Waals surface area contributed by atoms with Crippen LogP contribution in [0.2, 0.25) is 0 Å². The number of nitrogens with zero attached hydrogens (tertiary/aromatic N) is 4. The molecule has 12 heteroatoms. The molecule has 0 aliphatic rings. The molecule has 0 saturated heterocycles. The zero-order chi connectivity index (χ0) is 50.8. The number of halogens is 2. The van der Waals surface area contributed by atoms with Crippen LogP contribution in [0.4, 0.5) is 0 Å². The molecule has 0 bridgehead atoms. The number of aliphatic imine (C=N–C) groups is 4. The zero-order valence-corrected chi connectivity index (χ0v) is 44.7. The Morgan fingerprint density at radius 2 is 0.676 bits per heavy atom. The summed E-state index contributed by atoms with van der Waals surface area (Å²) in [5, 5.41) is 58.8. The van der Waals surface area contributed by atoms with Gasteiger partial charge >= 0.3 is 50.0 Å². The van der Waals surface area contributed by atoms with Crippen molar-refractivity contribution in [1.29, 1.82) is 0 Å². The second-order valence-electron chi connectivity index (χ2n) is 20.8. The van der Waals surface area contributed by atoms with Crippen LogP contribution in [-0.4, -0.2) is 51.0 Å². The maximum absolute atomic E-state index is 14.5. The third kappa shape index (κ3) is 13.8. The molecule has 6 rings (SSSR count). The average molecular weight is 1040 g/mol. The molecule has 0 unspecified atom stereocenters. The third-order valence-electron chi connectivity index (χ3n) is 11.5. The first-order chi connectivity index (χ1) is 32.0. The van der Waals surface area contributed by atoms with E-state index in [4.69, 9.17) is 0 Å². The quantitative estimate of drug-likeness (QED) is 0.0940. The van der Waals surface area contributed by atoms with Gasteiger partial charge in [0.15, 0.2) is 0 Å². The van der Waals surface area contributed by atoms with Gasteiger partial charge < -0.3 is 20.4 Å². The molecule has 0 amide bonds. The van der Waals surface area contributed by atoms with Gasteiger partial charge in [-0.25, -0.2) is 0 Å². The Balaban J connectivity index is 0.00000245. The van der Waals surface area contributed by atoms with E-state index in [0.717, 1.165) is 33.0 Å². The Hall–Kier alpha value is -4.69. The van der Waals surface area contributed by atoms with Crippen LogP contribution in [0, 0.1) is 0 Å². The van der Waals surface area contributed by atoms with E-state index in [0.29, 0.717) is 70.3 Å². The van der Waals surface area contributed by atoms with Gasteiger partial charge in [-0.3, -0.25) is 20.0 Å². The Labute approximate surface area is 428 Å². The van der Waals surface area contributed by atoms with Gasteiger partial charge in [0.1, 0.15) is 0 Å². The summed E-state index contributed by atoms with van der Waals surface area (Å²) in [6.07, 6.45) is 6.39. The number of hydrogen-bond donors (Lipinski definition) is 0. The Morgan fingerprint density at radius 3 is 0.956 bits per heavy atom. The van der Waals surface area contributed by atoms with Crippen LogP contribution in [0.15, 0.2) is 105 Å². The van der Waals surface area contributed by atoms with Gasteiger partial charge in [0.05, 0.1) is 26.2 Å². The predicted molar refractivity (Wildman–Crippen MR) is 274 cm³/mol. The summed E-state index contributed by atoms with van der Waals surface area (Å²) in [6, 6.07) is 26.6. The van der Waals surface area contributed by atoms with E-state index in [1.165, 1.54) is 0 Å². The summed E-state index contributed by atoms with van der Waals surface area (Å²) < 4.78 is 0. The van der Waals surface area contributed by atoms with Crippen LogP contribution in [0.5, 0.6) is 23.0 Å². The summed E-state index contributed by atoms with van der Waals surface area (Å²) in [5.74, 6) is -0.649. The van der Waals surface area contributed by atoms with Crippen LogP contribution < -0.4 is 20.4 Å². The van der Waals surface area contributed by atoms with Crippen molar-refractivity contribution < 1.29 is 50.1 Å². The van der Waals surface area contributed by atoms with Gasteiger partial charge in [0.2, 0.25) is 0 Å². The molecule has 68 heavy (non-hydrogen) atoms. The SMILES string of the molecule is CC(C)(C)c1cc(C=NCCN=Cc2cc3ccccc3c(-c3c([O-])c(C=NCCN=Cc4cc(C(C)(C)C)cc(C(C)(C)C)c4[O-])cc4ccccc34)c2[O-])c([O-])c(C(C)(C)C)c1.[Cl][Co+2].[Cl][Co+2]. The molecule has 0 aliphatic carbocycles. The summed E-state index contributed by atoms with van der Waals surface area (Å²) in [4.78, 5) is 18.3. The molecular formula is C56H62Cl2Co2N4O4. The molecule has 6 aromatic rings. The molecular weight excluding hydrogens is 981 g/mol. The minimum absolute atomic E-state index is 0.0228. The van der Waals surface area contributed by atoms with E-state index in [1.807, 2.05) is 114 Å². The van der Waals surface area contributed by atoms with Crippen molar-refractivity contribution in [3.05, 3.63) is 129 Å². The summed E-state index contributed by atoms with van der Waals surface area (Å²) >= 11 is 6.07. The van der Waals surface area contributed by atoms with Crippen molar-refractivity contribution >= 4 is 66.7 Å². The molecule has 6 aromatic carbocycles. The van der Waals surface area contributed by atoms with E-state index < -0.39 is 0 Å². The van der Waals surface area contributed by atoms with Crippen LogP contribution in [-0.2, 0) is 51.3 Å². The van der Waals surface area contributed by atoms with Crippen molar-refractivity contribution in [3.63, 3.8) is 0 Å². The topological polar surface area (TPSA) is 142 Å². The first kappa shape index (κ1) is 55.9. The van der Waals surface area contributed by atoms with Crippen LogP contribution in [0.1, 0.15) is 128 Å². The molecule has 0 saturated carbocycles. The van der Waals surface area contributed by atoms with E-state index >= 15 is 0 Å². The first-order valence-corrected chi connectivity index (χ1v) is 25.3. The summed E-state index contributed by atoms with van der Waals surface area (Å²) in [7, 11) is 8.65. The van der Waals surface area contributed by atoms with Gasteiger partial charge in [0.25, 0.3) is 0 Å². The molecule has 0 aromatic heterocycles. The Morgan fingerprint density at radius 1 is 0.397 bits per heavy atom. The molecule has 0 radical (unpaired) electrons. The van der Waals surface area contributed by atoms with E-state index in [1.54, 1.807) is 37.0 Å². The molecule has 362 valence electrons. The van der Waals surface area contributed by atoms with Crippen molar-refractivity contribution in [3.8, 4) is 34.1 Å². The van der Waals surface area contributed by atoms with Crippen molar-refractivity contribution in [1.82, 2.24) is 0 Å². The standard InChI is InChI=1S/C56H66N4O4.2ClH.2Co/c1-53(2,3)41-27-39(49(61)45(29-41)55(7,8)9)33-59-23-21-57-31-37-25-35-17-13-15-19-43(35)47(51(37)63)48-44-20-16-14-18-36(44)26-38(52(48)64)32-58-22-24-60-34-40-28-42(54(4,5)6)30-46(50(40)62)56(10,11)12;;;;/h13-20,25-34,61-64H,21-24H2,1-12H3;2*1H;;/q;;;2*+3/p-6. The summed E-state index contributed by atoms with van der Waals surface area (Å²) in [5.41, 5.74) is 5.22. The normalized spacial score (nSPS) is 12.6. The molecule has 0 fully saturated rings. The molecule has 0 spiro atoms. The fraction of sp³-hybridized carbons (Fsp3) is 0.357. The van der Waals surface area contributed by atoms with Crippen LogP contribution >= 0.6 is 20.3 Å². The van der Waals surface area contributed by atoms with Gasteiger partial charge in [0, 0.05) is 24.9 Å². The maximum atomic E-state index is 14.5. The fourth-order valence-corrected chi connectivity index (χ4v) is 7.75. The van der Waals surface area contributed by atoms with Gasteiger partial charge in [-0.05, 0) is 111 Å². The zero-order valence-electron chi connectivity index (χ0n) is 41.1. The number of rotatable bonds is 11. The molecule has 0 heterocycles. The monoisotopic (exact) mass is 1040 g/mol. The second-order valence-corrected chi connectivity index (χ2v) is 20.8. The van der Waals surface area contributed by atoms with Gasteiger partial charge in [-0.1, -0.05) is 179 Å². The van der Waals surface area contributed by atoms with Crippen LogP contribution in [0.25, 0.3) is 32.7 Å². The van der Waals surface area contributed by atoms with Gasteiger partial charge in [-0.15, -0.1) is 0 Å². The van der Waals surface area contributed by atoms with E-state index in [-0.39, 0.29) is 44.7 Å². The van der Waals surface area contributed by atoms with Crippen LogP contribution in [0.3, 0.4) is 0 Å². The van der Waals surface area contributed by atoms with E-state index in [2.05, 4.69) is 111 Å². The fourth-order valence-electron chi connectivity index (χ4n) is 7.75. The average Bonchev–Trinajstić information content (AvgIpc) is 3.27. The number of hydrogen-bond acceptors (Lipinski definition) is 8. The first-order valence-electron chi connectivity index (χ1n) is 22.4. The third-order valence-corrected chi connectivity index (χ3v) is 11.5. The van der Waals surface area contributed by atoms with Crippen molar-refractivity contribution in [2.75, 3.05) is 26.2 Å². The molecule has 0 aliphatic heterocycles. The predicted octanol–water partition coefficient (Wildman–Crippen LogP) is 11.6. The number of benzene rings is 6.